The summed E-state index contributed by atoms with van der Waals surface area (Å²) < 4.78 is 59.9. The zero-order valence-corrected chi connectivity index (χ0v) is 23.3. The molecular weight excluding hydrogens is 570 g/mol. The Labute approximate surface area is 219 Å². The smallest absolute Gasteiger partial charge is 0.262 e. The number of aryl methyl sites for hydroxylation is 2. The molecule has 0 spiro atoms. The molecule has 0 aliphatic carbocycles. The molecule has 0 aliphatic heterocycles. The lowest BCUT2D eigenvalue weighted by atomic mass is 10.2. The van der Waals surface area contributed by atoms with E-state index in [4.69, 9.17) is 4.74 Å². The molecule has 0 aliphatic rings. The van der Waals surface area contributed by atoms with Crippen molar-refractivity contribution in [3.05, 3.63) is 76.3 Å². The van der Waals surface area contributed by atoms with Gasteiger partial charge in [0.2, 0.25) is 15.9 Å². The Kier molecular flexibility index (Phi) is 8.32. The molecule has 0 atom stereocenters. The number of nitrogens with one attached hydrogen (secondary N) is 2. The molecule has 0 saturated heterocycles. The topological polar surface area (TPSA) is 122 Å². The van der Waals surface area contributed by atoms with Crippen molar-refractivity contribution in [2.45, 2.75) is 18.7 Å². The molecule has 0 aromatic heterocycles. The third-order valence-electron chi connectivity index (χ3n) is 5.16. The van der Waals surface area contributed by atoms with Crippen molar-refractivity contribution in [3.8, 4) is 5.75 Å². The van der Waals surface area contributed by atoms with E-state index in [0.29, 0.717) is 22.8 Å². The van der Waals surface area contributed by atoms with E-state index in [1.54, 1.807) is 36.4 Å². The number of rotatable bonds is 9. The molecule has 192 valence electrons. The highest BCUT2D eigenvalue weighted by Crippen LogP contribution is 2.28. The largest absolute Gasteiger partial charge is 0.495 e. The second kappa shape index (κ2) is 10.9. The Morgan fingerprint density at radius 3 is 2.22 bits per heavy atom. The van der Waals surface area contributed by atoms with Gasteiger partial charge in [-0.15, -0.1) is 0 Å². The van der Waals surface area contributed by atoms with Crippen LogP contribution >= 0.6 is 15.9 Å². The summed E-state index contributed by atoms with van der Waals surface area (Å²) in [6, 6.07) is 15.6. The van der Waals surface area contributed by atoms with Crippen molar-refractivity contribution in [1.82, 2.24) is 0 Å². The zero-order chi connectivity index (χ0) is 26.7. The van der Waals surface area contributed by atoms with Crippen LogP contribution in [-0.2, 0) is 24.8 Å². The fourth-order valence-electron chi connectivity index (χ4n) is 3.34. The monoisotopic (exact) mass is 595 g/mol. The van der Waals surface area contributed by atoms with E-state index in [1.807, 2.05) is 13.8 Å². The SMILES string of the molecule is COc1ccc(C)cc1NS(=O)(=O)c1ccc(NC(=O)CN(c2ccc(Br)c(C)c2)S(C)(=O)=O)cc1. The van der Waals surface area contributed by atoms with Crippen LogP contribution in [0.5, 0.6) is 5.75 Å². The average Bonchev–Trinajstić information content (AvgIpc) is 2.79. The summed E-state index contributed by atoms with van der Waals surface area (Å²) in [5, 5.41) is 2.60. The zero-order valence-electron chi connectivity index (χ0n) is 20.1. The quantitative estimate of drug-likeness (QED) is 0.381. The molecule has 0 fully saturated rings. The highest BCUT2D eigenvalue weighted by molar-refractivity contribution is 9.10. The van der Waals surface area contributed by atoms with Crippen molar-refractivity contribution in [3.63, 3.8) is 0 Å². The molecular formula is C24H26BrN3O6S2. The van der Waals surface area contributed by atoms with E-state index in [0.717, 1.165) is 26.2 Å². The van der Waals surface area contributed by atoms with Gasteiger partial charge in [-0.1, -0.05) is 22.0 Å². The van der Waals surface area contributed by atoms with Gasteiger partial charge in [-0.3, -0.25) is 13.8 Å². The number of hydrogen-bond donors (Lipinski definition) is 2. The molecule has 0 unspecified atom stereocenters. The molecule has 3 aromatic rings. The average molecular weight is 597 g/mol. The van der Waals surface area contributed by atoms with E-state index in [9.17, 15) is 21.6 Å². The van der Waals surface area contributed by atoms with E-state index in [1.165, 1.54) is 31.4 Å². The highest BCUT2D eigenvalue weighted by atomic mass is 79.9. The lowest BCUT2D eigenvalue weighted by Crippen LogP contribution is -2.37. The Balaban J connectivity index is 1.75. The predicted octanol–water partition coefficient (Wildman–Crippen LogP) is 4.28. The van der Waals surface area contributed by atoms with E-state index in [2.05, 4.69) is 26.0 Å². The summed E-state index contributed by atoms with van der Waals surface area (Å²) >= 11 is 3.37. The van der Waals surface area contributed by atoms with Crippen LogP contribution in [0.15, 0.2) is 70.0 Å². The summed E-state index contributed by atoms with van der Waals surface area (Å²) in [5.41, 5.74) is 2.64. The lowest BCUT2D eigenvalue weighted by molar-refractivity contribution is -0.114. The van der Waals surface area contributed by atoms with Gasteiger partial charge in [-0.05, 0) is 79.6 Å². The number of amides is 1. The number of methoxy groups -OCH3 is 1. The van der Waals surface area contributed by atoms with Crippen LogP contribution in [0.1, 0.15) is 11.1 Å². The predicted molar refractivity (Wildman–Crippen MR) is 145 cm³/mol. The van der Waals surface area contributed by atoms with Crippen molar-refractivity contribution >= 4 is 58.9 Å². The van der Waals surface area contributed by atoms with Gasteiger partial charge in [0.25, 0.3) is 10.0 Å². The van der Waals surface area contributed by atoms with Gasteiger partial charge in [0.05, 0.1) is 29.6 Å². The molecule has 0 saturated carbocycles. The number of sulfonamides is 2. The number of anilines is 3. The number of halogens is 1. The summed E-state index contributed by atoms with van der Waals surface area (Å²) in [7, 11) is -6.22. The minimum absolute atomic E-state index is 0.0211. The molecule has 1 amide bonds. The number of ether oxygens (including phenoxy) is 1. The number of carbonyl (C=O) groups is 1. The second-order valence-electron chi connectivity index (χ2n) is 8.08. The summed E-state index contributed by atoms with van der Waals surface area (Å²) in [4.78, 5) is 12.6. The van der Waals surface area contributed by atoms with Gasteiger partial charge in [-0.2, -0.15) is 0 Å². The Bertz CT molecular complexity index is 1490. The molecule has 9 nitrogen and oxygen atoms in total. The van der Waals surface area contributed by atoms with Crippen LogP contribution in [-0.4, -0.2) is 42.7 Å². The molecule has 2 N–H and O–H groups in total. The summed E-state index contributed by atoms with van der Waals surface area (Å²) in [6.45, 7) is 3.19. The van der Waals surface area contributed by atoms with Crippen LogP contribution in [0.2, 0.25) is 0 Å². The second-order valence-corrected chi connectivity index (χ2v) is 12.5. The Hall–Kier alpha value is -3.09. The normalized spacial score (nSPS) is 11.6. The maximum absolute atomic E-state index is 12.8. The van der Waals surface area contributed by atoms with Crippen molar-refractivity contribution < 1.29 is 26.4 Å². The van der Waals surface area contributed by atoms with Gasteiger partial charge < -0.3 is 10.1 Å². The lowest BCUT2D eigenvalue weighted by Gasteiger charge is -2.22. The van der Waals surface area contributed by atoms with Crippen LogP contribution in [0, 0.1) is 13.8 Å². The van der Waals surface area contributed by atoms with Gasteiger partial charge in [-0.25, -0.2) is 16.8 Å². The fourth-order valence-corrected chi connectivity index (χ4v) is 5.49. The Morgan fingerprint density at radius 1 is 0.972 bits per heavy atom. The summed E-state index contributed by atoms with van der Waals surface area (Å²) in [6.07, 6.45) is 1.02. The van der Waals surface area contributed by atoms with Crippen molar-refractivity contribution in [2.75, 3.05) is 34.3 Å². The third kappa shape index (κ3) is 6.77. The molecule has 36 heavy (non-hydrogen) atoms. The molecule has 0 heterocycles. The minimum Gasteiger partial charge on any atom is -0.495 e. The van der Waals surface area contributed by atoms with Crippen LogP contribution < -0.4 is 19.1 Å². The standard InChI is InChI=1S/C24H26BrN3O6S2/c1-16-5-12-23(34-3)22(13-16)27-36(32,33)20-9-6-18(7-10-20)26-24(29)15-28(35(4,30)31)19-8-11-21(25)17(2)14-19/h5-14,27H,15H2,1-4H3,(H,26,29). The number of benzene rings is 3. The molecule has 0 radical (unpaired) electrons. The number of carbonyl (C=O) groups excluding carboxylic acids is 1. The highest BCUT2D eigenvalue weighted by Gasteiger charge is 2.22. The maximum atomic E-state index is 12.8. The molecule has 12 heteroatoms. The first-order valence-corrected chi connectivity index (χ1v) is 14.7. The first-order chi connectivity index (χ1) is 16.8. The van der Waals surface area contributed by atoms with Crippen LogP contribution in [0.25, 0.3) is 0 Å². The first kappa shape index (κ1) is 27.5. The summed E-state index contributed by atoms with van der Waals surface area (Å²) in [5.74, 6) is -0.205. The van der Waals surface area contributed by atoms with Gasteiger partial charge in [0.1, 0.15) is 12.3 Å². The number of hydrogen-bond acceptors (Lipinski definition) is 6. The molecule has 3 aromatic carbocycles. The minimum atomic E-state index is -3.92. The van der Waals surface area contributed by atoms with Crippen molar-refractivity contribution in [2.24, 2.45) is 0 Å². The first-order valence-electron chi connectivity index (χ1n) is 10.6. The van der Waals surface area contributed by atoms with Crippen molar-refractivity contribution in [1.29, 1.82) is 0 Å². The fraction of sp³-hybridized carbons (Fsp3) is 0.208. The maximum Gasteiger partial charge on any atom is 0.262 e. The number of nitrogens with zero attached hydrogens (tertiary/aromatic N) is 1. The molecule has 0 bridgehead atoms. The Morgan fingerprint density at radius 2 is 1.64 bits per heavy atom. The van der Waals surface area contributed by atoms with Gasteiger partial charge in [0, 0.05) is 10.2 Å². The third-order valence-corrected chi connectivity index (χ3v) is 8.58. The van der Waals surface area contributed by atoms with Gasteiger partial charge >= 0.3 is 0 Å². The van der Waals surface area contributed by atoms with Crippen LogP contribution in [0.3, 0.4) is 0 Å². The molecule has 3 rings (SSSR count). The van der Waals surface area contributed by atoms with E-state index < -0.39 is 32.5 Å². The van der Waals surface area contributed by atoms with E-state index in [-0.39, 0.29) is 4.90 Å². The van der Waals surface area contributed by atoms with Gasteiger partial charge in [0.15, 0.2) is 0 Å². The van der Waals surface area contributed by atoms with Crippen LogP contribution in [0.4, 0.5) is 17.1 Å². The van der Waals surface area contributed by atoms with E-state index >= 15 is 0 Å².